The smallest absolute Gasteiger partial charge is 0.328 e. The van der Waals surface area contributed by atoms with Crippen molar-refractivity contribution < 1.29 is 19.0 Å². The second-order valence-corrected chi connectivity index (χ2v) is 5.73. The average Bonchev–Trinajstić information content (AvgIpc) is 2.47. The maximum atomic E-state index is 14.3. The van der Waals surface area contributed by atoms with E-state index < -0.39 is 17.3 Å². The van der Waals surface area contributed by atoms with E-state index in [4.69, 9.17) is 4.74 Å². The number of carboxylic acid groups (broad SMARTS) is 1. The number of rotatable bonds is 5. The van der Waals surface area contributed by atoms with Crippen LogP contribution in [0.2, 0.25) is 0 Å². The van der Waals surface area contributed by atoms with Gasteiger partial charge in [-0.1, -0.05) is 25.3 Å². The molecular weight excluding hydrogens is 273 g/mol. The summed E-state index contributed by atoms with van der Waals surface area (Å²) in [6.07, 6.45) is 5.15. The van der Waals surface area contributed by atoms with Crippen molar-refractivity contribution in [3.63, 3.8) is 0 Å². The zero-order valence-corrected chi connectivity index (χ0v) is 12.5. The van der Waals surface area contributed by atoms with E-state index in [1.165, 1.54) is 32.6 Å². The van der Waals surface area contributed by atoms with Crippen molar-refractivity contribution in [3.05, 3.63) is 29.6 Å². The highest BCUT2D eigenvalue weighted by Crippen LogP contribution is 2.34. The fraction of sp³-hybridized carbons (Fsp3) is 0.562. The summed E-state index contributed by atoms with van der Waals surface area (Å²) < 4.78 is 19.4. The molecule has 0 saturated heterocycles. The van der Waals surface area contributed by atoms with E-state index >= 15 is 0 Å². The lowest BCUT2D eigenvalue weighted by Gasteiger charge is -2.34. The highest BCUT2D eigenvalue weighted by molar-refractivity contribution is 5.81. The fourth-order valence-electron chi connectivity index (χ4n) is 3.06. The lowest BCUT2D eigenvalue weighted by Crippen LogP contribution is -2.52. The van der Waals surface area contributed by atoms with Crippen molar-refractivity contribution in [2.75, 3.05) is 7.11 Å². The largest absolute Gasteiger partial charge is 0.496 e. The molecule has 0 radical (unpaired) electrons. The minimum Gasteiger partial charge on any atom is -0.496 e. The van der Waals surface area contributed by atoms with Crippen molar-refractivity contribution in [1.82, 2.24) is 5.32 Å². The molecule has 1 saturated carbocycles. The fourth-order valence-corrected chi connectivity index (χ4v) is 3.06. The maximum absolute atomic E-state index is 14.3. The van der Waals surface area contributed by atoms with Gasteiger partial charge in [-0.25, -0.2) is 9.18 Å². The first-order chi connectivity index (χ1) is 9.99. The van der Waals surface area contributed by atoms with Gasteiger partial charge in [0.2, 0.25) is 0 Å². The van der Waals surface area contributed by atoms with Crippen LogP contribution in [0.1, 0.15) is 44.6 Å². The summed E-state index contributed by atoms with van der Waals surface area (Å²) in [5.41, 5.74) is -1.44. The summed E-state index contributed by atoms with van der Waals surface area (Å²) in [5, 5.41) is 12.8. The molecule has 1 aromatic rings. The zero-order valence-electron chi connectivity index (χ0n) is 12.5. The first-order valence-corrected chi connectivity index (χ1v) is 7.33. The third-order valence-electron chi connectivity index (χ3n) is 4.22. The van der Waals surface area contributed by atoms with Crippen molar-refractivity contribution in [1.29, 1.82) is 0 Å². The summed E-state index contributed by atoms with van der Waals surface area (Å²) in [5.74, 6) is -1.41. The summed E-state index contributed by atoms with van der Waals surface area (Å²) in [6, 6.07) is 4.45. The second kappa shape index (κ2) is 6.43. The molecule has 0 amide bonds. The van der Waals surface area contributed by atoms with E-state index in [-0.39, 0.29) is 17.4 Å². The van der Waals surface area contributed by atoms with E-state index in [0.717, 1.165) is 25.7 Å². The highest BCUT2D eigenvalue weighted by Gasteiger charge is 2.41. The number of methoxy groups -OCH3 is 1. The number of benzene rings is 1. The Morgan fingerprint density at radius 2 is 2.05 bits per heavy atom. The number of hydrogen-bond donors (Lipinski definition) is 2. The van der Waals surface area contributed by atoms with E-state index in [1.54, 1.807) is 6.07 Å². The monoisotopic (exact) mass is 295 g/mol. The molecule has 4 nitrogen and oxygen atoms in total. The lowest BCUT2D eigenvalue weighted by molar-refractivity contribution is -0.145. The Balaban J connectivity index is 2.39. The van der Waals surface area contributed by atoms with Gasteiger partial charge in [-0.3, -0.25) is 5.32 Å². The van der Waals surface area contributed by atoms with Gasteiger partial charge in [-0.15, -0.1) is 0 Å². The summed E-state index contributed by atoms with van der Waals surface area (Å²) >= 11 is 0. The van der Waals surface area contributed by atoms with Crippen molar-refractivity contribution in [3.8, 4) is 5.75 Å². The van der Waals surface area contributed by atoms with Crippen LogP contribution in [0.15, 0.2) is 18.2 Å². The van der Waals surface area contributed by atoms with Gasteiger partial charge in [0.05, 0.1) is 12.7 Å². The number of carboxylic acids is 1. The van der Waals surface area contributed by atoms with Gasteiger partial charge < -0.3 is 9.84 Å². The molecule has 1 unspecified atom stereocenters. The standard InChI is InChI=1S/C16H22FNO3/c1-16(15(19)20,18-11-7-4-3-5-8-11)14-12(17)9-6-10-13(14)21-2/h6,9-11,18H,3-5,7-8H2,1-2H3,(H,19,20). The Bertz CT molecular complexity index is 514. The van der Waals surface area contributed by atoms with Crippen LogP contribution in [0, 0.1) is 5.82 Å². The molecule has 5 heteroatoms. The third-order valence-corrected chi connectivity index (χ3v) is 4.22. The molecule has 0 aromatic heterocycles. The Labute approximate surface area is 124 Å². The van der Waals surface area contributed by atoms with Crippen LogP contribution in [0.25, 0.3) is 0 Å². The third kappa shape index (κ3) is 3.18. The van der Waals surface area contributed by atoms with Gasteiger partial charge in [0.25, 0.3) is 0 Å². The molecule has 1 aromatic carbocycles. The number of halogens is 1. The Kier molecular flexibility index (Phi) is 4.83. The molecule has 0 spiro atoms. The number of hydrogen-bond acceptors (Lipinski definition) is 3. The Hall–Kier alpha value is -1.62. The molecule has 1 aliphatic carbocycles. The van der Waals surface area contributed by atoms with Crippen molar-refractivity contribution in [2.24, 2.45) is 0 Å². The van der Waals surface area contributed by atoms with Crippen LogP contribution >= 0.6 is 0 Å². The van der Waals surface area contributed by atoms with E-state index in [9.17, 15) is 14.3 Å². The summed E-state index contributed by atoms with van der Waals surface area (Å²) in [7, 11) is 1.42. The van der Waals surface area contributed by atoms with Crippen LogP contribution in [-0.4, -0.2) is 24.2 Å². The number of ether oxygens (including phenoxy) is 1. The normalized spacial score (nSPS) is 19.0. The first kappa shape index (κ1) is 15.8. The van der Waals surface area contributed by atoms with Crippen molar-refractivity contribution >= 4 is 5.97 Å². The molecule has 0 bridgehead atoms. The van der Waals surface area contributed by atoms with Gasteiger partial charge in [0, 0.05) is 6.04 Å². The molecule has 0 aliphatic heterocycles. The number of carbonyl (C=O) groups is 1. The maximum Gasteiger partial charge on any atom is 0.328 e. The highest BCUT2D eigenvalue weighted by atomic mass is 19.1. The molecule has 1 aliphatic rings. The Morgan fingerprint density at radius 1 is 1.38 bits per heavy atom. The van der Waals surface area contributed by atoms with E-state index in [2.05, 4.69) is 5.32 Å². The molecular formula is C16H22FNO3. The van der Waals surface area contributed by atoms with E-state index in [1.807, 2.05) is 0 Å². The second-order valence-electron chi connectivity index (χ2n) is 5.73. The topological polar surface area (TPSA) is 58.6 Å². The summed E-state index contributed by atoms with van der Waals surface area (Å²) in [6.45, 7) is 1.50. The first-order valence-electron chi connectivity index (χ1n) is 7.33. The molecule has 1 atom stereocenters. The minimum absolute atomic E-state index is 0.0607. The predicted octanol–water partition coefficient (Wildman–Crippen LogP) is 3.06. The molecule has 21 heavy (non-hydrogen) atoms. The van der Waals surface area contributed by atoms with Crippen LogP contribution in [-0.2, 0) is 10.3 Å². The quantitative estimate of drug-likeness (QED) is 0.876. The number of nitrogens with one attached hydrogen (secondary N) is 1. The SMILES string of the molecule is COc1cccc(F)c1C(C)(NC1CCCCC1)C(=O)O. The van der Waals surface area contributed by atoms with Gasteiger partial charge in [0.1, 0.15) is 17.1 Å². The van der Waals surface area contributed by atoms with Crippen LogP contribution in [0.5, 0.6) is 5.75 Å². The average molecular weight is 295 g/mol. The van der Waals surface area contributed by atoms with Crippen LogP contribution in [0.4, 0.5) is 4.39 Å². The zero-order chi connectivity index (χ0) is 15.5. The molecule has 1 fully saturated rings. The Morgan fingerprint density at radius 3 is 2.62 bits per heavy atom. The van der Waals surface area contributed by atoms with Gasteiger partial charge in [0.15, 0.2) is 0 Å². The molecule has 116 valence electrons. The van der Waals surface area contributed by atoms with Gasteiger partial charge in [-0.2, -0.15) is 0 Å². The molecule has 0 heterocycles. The van der Waals surface area contributed by atoms with Gasteiger partial charge in [-0.05, 0) is 31.9 Å². The molecule has 2 rings (SSSR count). The lowest BCUT2D eigenvalue weighted by atomic mass is 9.86. The van der Waals surface area contributed by atoms with Crippen molar-refractivity contribution in [2.45, 2.75) is 50.6 Å². The van der Waals surface area contributed by atoms with E-state index in [0.29, 0.717) is 0 Å². The predicted molar refractivity (Wildman–Crippen MR) is 77.9 cm³/mol. The minimum atomic E-state index is -1.50. The number of aliphatic carboxylic acids is 1. The van der Waals surface area contributed by atoms with Crippen LogP contribution in [0.3, 0.4) is 0 Å². The molecule has 2 N–H and O–H groups in total. The van der Waals surface area contributed by atoms with Gasteiger partial charge >= 0.3 is 5.97 Å². The summed E-state index contributed by atoms with van der Waals surface area (Å²) in [4.78, 5) is 11.8. The van der Waals surface area contributed by atoms with Crippen LogP contribution < -0.4 is 10.1 Å².